The molecule has 0 saturated heterocycles. The van der Waals surface area contributed by atoms with Crippen LogP contribution in [0.15, 0.2) is 0 Å². The highest BCUT2D eigenvalue weighted by molar-refractivity contribution is 4.89. The molecule has 0 bridgehead atoms. The molecule has 2 nitrogen and oxygen atoms in total. The summed E-state index contributed by atoms with van der Waals surface area (Å²) in [6.07, 6.45) is 12.8. The van der Waals surface area contributed by atoms with E-state index in [2.05, 4.69) is 19.3 Å². The zero-order valence-corrected chi connectivity index (χ0v) is 12.3. The van der Waals surface area contributed by atoms with E-state index < -0.39 is 0 Å². The van der Waals surface area contributed by atoms with Gasteiger partial charge in [-0.25, -0.2) is 0 Å². The molecule has 2 heteroatoms. The van der Waals surface area contributed by atoms with Gasteiger partial charge >= 0.3 is 0 Å². The van der Waals surface area contributed by atoms with E-state index in [4.69, 9.17) is 5.84 Å². The Kier molecular flexibility index (Phi) is 5.50. The van der Waals surface area contributed by atoms with Gasteiger partial charge in [0.05, 0.1) is 0 Å². The van der Waals surface area contributed by atoms with Gasteiger partial charge < -0.3 is 0 Å². The van der Waals surface area contributed by atoms with Crippen molar-refractivity contribution in [2.75, 3.05) is 0 Å². The van der Waals surface area contributed by atoms with Crippen LogP contribution in [0.5, 0.6) is 0 Å². The summed E-state index contributed by atoms with van der Waals surface area (Å²) in [6.45, 7) is 4.62. The van der Waals surface area contributed by atoms with Crippen LogP contribution in [-0.4, -0.2) is 6.04 Å². The van der Waals surface area contributed by atoms with Crippen molar-refractivity contribution in [2.45, 2.75) is 77.7 Å². The number of hydrazine groups is 1. The number of nitrogens with one attached hydrogen (secondary N) is 1. The third kappa shape index (κ3) is 3.08. The van der Waals surface area contributed by atoms with Crippen LogP contribution in [0.4, 0.5) is 0 Å². The van der Waals surface area contributed by atoms with Crippen molar-refractivity contribution in [2.24, 2.45) is 29.5 Å². The van der Waals surface area contributed by atoms with E-state index in [0.29, 0.717) is 6.04 Å². The highest BCUT2D eigenvalue weighted by Gasteiger charge is 2.36. The van der Waals surface area contributed by atoms with Gasteiger partial charge in [0.2, 0.25) is 0 Å². The fraction of sp³-hybridized carbons (Fsp3) is 1.00. The molecule has 0 radical (unpaired) electrons. The van der Waals surface area contributed by atoms with Crippen LogP contribution < -0.4 is 11.3 Å². The molecule has 0 aromatic carbocycles. The maximum absolute atomic E-state index is 5.87. The molecular weight excluding hydrogens is 220 g/mol. The van der Waals surface area contributed by atoms with Crippen molar-refractivity contribution in [1.82, 2.24) is 5.43 Å². The Hall–Kier alpha value is -0.0800. The number of hydrogen-bond acceptors (Lipinski definition) is 2. The van der Waals surface area contributed by atoms with E-state index in [0.717, 1.165) is 23.7 Å². The predicted octanol–water partition coefficient (Wildman–Crippen LogP) is 3.86. The van der Waals surface area contributed by atoms with Gasteiger partial charge in [0.15, 0.2) is 0 Å². The summed E-state index contributed by atoms with van der Waals surface area (Å²) in [5.41, 5.74) is 3.17. The minimum atomic E-state index is 0.558. The molecule has 4 atom stereocenters. The molecule has 0 aromatic heterocycles. The molecule has 18 heavy (non-hydrogen) atoms. The van der Waals surface area contributed by atoms with Crippen LogP contribution in [0.2, 0.25) is 0 Å². The fourth-order valence-electron chi connectivity index (χ4n) is 4.69. The van der Waals surface area contributed by atoms with E-state index >= 15 is 0 Å². The smallest absolute Gasteiger partial charge is 0.0266 e. The normalized spacial score (nSPS) is 34.3. The number of nitrogens with two attached hydrogens (primary N) is 1. The minimum absolute atomic E-state index is 0.558. The third-order valence-electron chi connectivity index (χ3n) is 5.84. The third-order valence-corrected chi connectivity index (χ3v) is 5.84. The van der Waals surface area contributed by atoms with Gasteiger partial charge in [-0.05, 0) is 42.9 Å². The molecular formula is C16H32N2. The van der Waals surface area contributed by atoms with Crippen LogP contribution in [0.3, 0.4) is 0 Å². The van der Waals surface area contributed by atoms with E-state index in [-0.39, 0.29) is 0 Å². The van der Waals surface area contributed by atoms with E-state index in [9.17, 15) is 0 Å². The largest absolute Gasteiger partial charge is 0.271 e. The van der Waals surface area contributed by atoms with Gasteiger partial charge in [-0.2, -0.15) is 0 Å². The number of hydrogen-bond donors (Lipinski definition) is 2. The van der Waals surface area contributed by atoms with Crippen LogP contribution in [0.1, 0.15) is 71.6 Å². The average Bonchev–Trinajstić information content (AvgIpc) is 2.44. The van der Waals surface area contributed by atoms with Gasteiger partial charge in [0, 0.05) is 6.04 Å². The maximum atomic E-state index is 5.87. The zero-order chi connectivity index (χ0) is 13.0. The lowest BCUT2D eigenvalue weighted by atomic mass is 9.64. The maximum Gasteiger partial charge on any atom is 0.0266 e. The highest BCUT2D eigenvalue weighted by Crippen LogP contribution is 2.44. The van der Waals surface area contributed by atoms with Crippen molar-refractivity contribution < 1.29 is 0 Å². The molecule has 0 aromatic rings. The Balaban J connectivity index is 1.95. The second-order valence-electron chi connectivity index (χ2n) is 6.65. The van der Waals surface area contributed by atoms with E-state index in [1.807, 2.05) is 0 Å². The van der Waals surface area contributed by atoms with Crippen LogP contribution in [0.25, 0.3) is 0 Å². The minimum Gasteiger partial charge on any atom is -0.271 e. The Morgan fingerprint density at radius 2 is 1.67 bits per heavy atom. The summed E-state index contributed by atoms with van der Waals surface area (Å²) in [5.74, 6) is 9.54. The Morgan fingerprint density at radius 1 is 1.00 bits per heavy atom. The quantitative estimate of drug-likeness (QED) is 0.576. The molecule has 0 spiro atoms. The highest BCUT2D eigenvalue weighted by atomic mass is 15.2. The molecule has 2 saturated carbocycles. The molecule has 2 rings (SSSR count). The molecule has 2 aliphatic carbocycles. The van der Waals surface area contributed by atoms with Crippen molar-refractivity contribution in [3.05, 3.63) is 0 Å². The molecule has 0 amide bonds. The zero-order valence-electron chi connectivity index (χ0n) is 12.3. The first-order valence-corrected chi connectivity index (χ1v) is 8.26. The summed E-state index contributed by atoms with van der Waals surface area (Å²) in [5, 5.41) is 0. The lowest BCUT2D eigenvalue weighted by Gasteiger charge is -2.43. The molecule has 2 fully saturated rings. The summed E-state index contributed by atoms with van der Waals surface area (Å²) >= 11 is 0. The molecule has 3 N–H and O–H groups in total. The second kappa shape index (κ2) is 6.91. The molecule has 0 aliphatic heterocycles. The lowest BCUT2D eigenvalue weighted by Crippen LogP contribution is -2.48. The Morgan fingerprint density at radius 3 is 2.28 bits per heavy atom. The van der Waals surface area contributed by atoms with Crippen LogP contribution >= 0.6 is 0 Å². The molecule has 4 unspecified atom stereocenters. The fourth-order valence-corrected chi connectivity index (χ4v) is 4.69. The first-order chi connectivity index (χ1) is 8.80. The summed E-state index contributed by atoms with van der Waals surface area (Å²) in [6, 6.07) is 0.558. The van der Waals surface area contributed by atoms with Crippen molar-refractivity contribution in [3.63, 3.8) is 0 Å². The van der Waals surface area contributed by atoms with Crippen molar-refractivity contribution >= 4 is 0 Å². The van der Waals surface area contributed by atoms with E-state index in [1.54, 1.807) is 0 Å². The molecule has 2 aliphatic rings. The van der Waals surface area contributed by atoms with E-state index in [1.165, 1.54) is 57.8 Å². The lowest BCUT2D eigenvalue weighted by molar-refractivity contribution is 0.0911. The second-order valence-corrected chi connectivity index (χ2v) is 6.65. The SMILES string of the molecule is CCC(CC)C(NN)C1CCC2CCCCC2C1. The first-order valence-electron chi connectivity index (χ1n) is 8.26. The average molecular weight is 252 g/mol. The molecule has 106 valence electrons. The first kappa shape index (κ1) is 14.3. The van der Waals surface area contributed by atoms with Gasteiger partial charge in [-0.1, -0.05) is 52.4 Å². The number of fused-ring (bicyclic) bond motifs is 1. The van der Waals surface area contributed by atoms with Crippen LogP contribution in [0, 0.1) is 23.7 Å². The van der Waals surface area contributed by atoms with Crippen molar-refractivity contribution in [3.8, 4) is 0 Å². The monoisotopic (exact) mass is 252 g/mol. The number of rotatable bonds is 5. The Labute approximate surface area is 113 Å². The summed E-state index contributed by atoms with van der Waals surface area (Å²) < 4.78 is 0. The van der Waals surface area contributed by atoms with Gasteiger partial charge in [0.1, 0.15) is 0 Å². The Bertz CT molecular complexity index is 237. The predicted molar refractivity (Wildman–Crippen MR) is 78.0 cm³/mol. The standard InChI is InChI=1S/C16H32N2/c1-3-12(4-2)16(18-17)15-10-9-13-7-5-6-8-14(13)11-15/h12-16,18H,3-11,17H2,1-2H3. The van der Waals surface area contributed by atoms with Gasteiger partial charge in [-0.15, -0.1) is 0 Å². The van der Waals surface area contributed by atoms with Crippen molar-refractivity contribution in [1.29, 1.82) is 0 Å². The van der Waals surface area contributed by atoms with Crippen LogP contribution in [-0.2, 0) is 0 Å². The topological polar surface area (TPSA) is 38.0 Å². The van der Waals surface area contributed by atoms with Gasteiger partial charge in [0.25, 0.3) is 0 Å². The summed E-state index contributed by atoms with van der Waals surface area (Å²) in [4.78, 5) is 0. The summed E-state index contributed by atoms with van der Waals surface area (Å²) in [7, 11) is 0. The molecule has 0 heterocycles. The van der Waals surface area contributed by atoms with Gasteiger partial charge in [-0.3, -0.25) is 11.3 Å².